The molecular formula is C13H16N2O5. The van der Waals surface area contributed by atoms with Gasteiger partial charge in [-0.25, -0.2) is 0 Å². The topological polar surface area (TPSA) is 113 Å². The molecule has 1 aromatic carbocycles. The molecule has 20 heavy (non-hydrogen) atoms. The lowest BCUT2D eigenvalue weighted by molar-refractivity contribution is -0.384. The highest BCUT2D eigenvalue weighted by Crippen LogP contribution is 2.14. The van der Waals surface area contributed by atoms with E-state index < -0.39 is 29.6 Å². The summed E-state index contributed by atoms with van der Waals surface area (Å²) in [7, 11) is 0. The molecule has 0 bridgehead atoms. The Morgan fingerprint density at radius 3 is 2.65 bits per heavy atom. The molecule has 1 rings (SSSR count). The Bertz CT molecular complexity index is 523. The van der Waals surface area contributed by atoms with Gasteiger partial charge in [0.25, 0.3) is 5.69 Å². The molecular weight excluding hydrogens is 264 g/mol. The number of aliphatic hydroxyl groups is 2. The van der Waals surface area contributed by atoms with Crippen LogP contribution in [0.15, 0.2) is 30.3 Å². The number of nitro groups is 1. The number of non-ortho nitro benzene ring substituents is 1. The zero-order chi connectivity index (χ0) is 15.2. The molecule has 0 radical (unpaired) electrons. The van der Waals surface area contributed by atoms with Crippen LogP contribution in [0.4, 0.5) is 5.69 Å². The number of carbonyl (C=O) groups excluding carboxylic acids is 1. The molecule has 0 spiro atoms. The third-order valence-corrected chi connectivity index (χ3v) is 2.63. The summed E-state index contributed by atoms with van der Waals surface area (Å²) in [6.07, 6.45) is 2.60. The lowest BCUT2D eigenvalue weighted by Gasteiger charge is -2.25. The van der Waals surface area contributed by atoms with Gasteiger partial charge in [0.1, 0.15) is 0 Å². The SMILES string of the molecule is CC(CO)(CO)NC(=O)/C=C/c1cccc([N+](=O)[O-])c1. The van der Waals surface area contributed by atoms with Crippen molar-refractivity contribution in [1.82, 2.24) is 5.32 Å². The van der Waals surface area contributed by atoms with Gasteiger partial charge in [-0.15, -0.1) is 0 Å². The summed E-state index contributed by atoms with van der Waals surface area (Å²) in [6.45, 7) is 0.686. The van der Waals surface area contributed by atoms with Crippen molar-refractivity contribution in [3.05, 3.63) is 46.0 Å². The molecule has 7 heteroatoms. The molecule has 0 aliphatic heterocycles. The van der Waals surface area contributed by atoms with Gasteiger partial charge in [-0.05, 0) is 18.6 Å². The number of hydrogen-bond donors (Lipinski definition) is 3. The number of rotatable bonds is 6. The first-order chi connectivity index (χ1) is 9.40. The van der Waals surface area contributed by atoms with Crippen LogP contribution in [0.2, 0.25) is 0 Å². The van der Waals surface area contributed by atoms with Crippen LogP contribution in [0.3, 0.4) is 0 Å². The molecule has 0 aromatic heterocycles. The van der Waals surface area contributed by atoms with Crippen LogP contribution in [0.5, 0.6) is 0 Å². The molecule has 0 saturated heterocycles. The maximum absolute atomic E-state index is 11.6. The standard InChI is InChI=1S/C13H16N2O5/c1-13(8-16,9-17)14-12(18)6-5-10-3-2-4-11(7-10)15(19)20/h2-7,16-17H,8-9H2,1H3,(H,14,18)/b6-5+. The Morgan fingerprint density at radius 1 is 1.45 bits per heavy atom. The van der Waals surface area contributed by atoms with Crippen LogP contribution in [0.25, 0.3) is 6.08 Å². The van der Waals surface area contributed by atoms with Crippen LogP contribution in [0.1, 0.15) is 12.5 Å². The number of hydrogen-bond acceptors (Lipinski definition) is 5. The van der Waals surface area contributed by atoms with Crippen LogP contribution < -0.4 is 5.32 Å². The minimum Gasteiger partial charge on any atom is -0.394 e. The lowest BCUT2D eigenvalue weighted by atomic mass is 10.1. The Labute approximate surface area is 115 Å². The zero-order valence-electron chi connectivity index (χ0n) is 10.9. The van der Waals surface area contributed by atoms with Crippen LogP contribution in [-0.2, 0) is 4.79 Å². The van der Waals surface area contributed by atoms with E-state index in [9.17, 15) is 14.9 Å². The number of aliphatic hydroxyl groups excluding tert-OH is 2. The predicted molar refractivity (Wildman–Crippen MR) is 72.8 cm³/mol. The van der Waals surface area contributed by atoms with Crippen molar-refractivity contribution in [1.29, 1.82) is 0 Å². The average molecular weight is 280 g/mol. The molecule has 7 nitrogen and oxygen atoms in total. The fraction of sp³-hybridized carbons (Fsp3) is 0.308. The van der Waals surface area contributed by atoms with E-state index in [1.54, 1.807) is 6.07 Å². The van der Waals surface area contributed by atoms with Crippen molar-refractivity contribution in [3.63, 3.8) is 0 Å². The van der Waals surface area contributed by atoms with Gasteiger partial charge in [-0.3, -0.25) is 14.9 Å². The fourth-order valence-electron chi connectivity index (χ4n) is 1.38. The maximum atomic E-state index is 11.6. The van der Waals surface area contributed by atoms with E-state index in [2.05, 4.69) is 5.32 Å². The number of carbonyl (C=O) groups is 1. The summed E-state index contributed by atoms with van der Waals surface area (Å²) in [5.41, 5.74) is -0.670. The molecule has 0 atom stereocenters. The van der Waals surface area contributed by atoms with Gasteiger partial charge < -0.3 is 15.5 Å². The number of benzene rings is 1. The summed E-state index contributed by atoms with van der Waals surface area (Å²) in [5, 5.41) is 31.1. The minimum atomic E-state index is -1.11. The Balaban J connectivity index is 2.75. The van der Waals surface area contributed by atoms with E-state index in [1.165, 1.54) is 37.3 Å². The summed E-state index contributed by atoms with van der Waals surface area (Å²) in [4.78, 5) is 21.7. The summed E-state index contributed by atoms with van der Waals surface area (Å²) in [6, 6.07) is 5.82. The smallest absolute Gasteiger partial charge is 0.270 e. The largest absolute Gasteiger partial charge is 0.394 e. The molecule has 1 aromatic rings. The molecule has 0 saturated carbocycles. The second kappa shape index (κ2) is 6.78. The Hall–Kier alpha value is -2.25. The average Bonchev–Trinajstić information content (AvgIpc) is 2.45. The molecule has 0 aliphatic carbocycles. The van der Waals surface area contributed by atoms with Crippen molar-refractivity contribution < 1.29 is 19.9 Å². The normalized spacial score (nSPS) is 11.6. The molecule has 108 valence electrons. The second-order valence-corrected chi connectivity index (χ2v) is 4.55. The molecule has 0 heterocycles. The molecule has 1 amide bonds. The Morgan fingerprint density at radius 2 is 2.10 bits per heavy atom. The van der Waals surface area contributed by atoms with E-state index in [1.807, 2.05) is 0 Å². The highest BCUT2D eigenvalue weighted by Gasteiger charge is 2.23. The first kappa shape index (κ1) is 15.8. The van der Waals surface area contributed by atoms with Gasteiger partial charge in [0.05, 0.1) is 23.7 Å². The van der Waals surface area contributed by atoms with E-state index in [-0.39, 0.29) is 5.69 Å². The van der Waals surface area contributed by atoms with Crippen LogP contribution in [0, 0.1) is 10.1 Å². The molecule has 3 N–H and O–H groups in total. The monoisotopic (exact) mass is 280 g/mol. The summed E-state index contributed by atoms with van der Waals surface area (Å²) >= 11 is 0. The number of nitro benzene ring substituents is 1. The third kappa shape index (κ3) is 4.45. The third-order valence-electron chi connectivity index (χ3n) is 2.63. The predicted octanol–water partition coefficient (Wildman–Crippen LogP) is 0.467. The number of amides is 1. The minimum absolute atomic E-state index is 0.0666. The number of nitrogens with one attached hydrogen (secondary N) is 1. The van der Waals surface area contributed by atoms with Crippen molar-refractivity contribution in [2.45, 2.75) is 12.5 Å². The fourth-order valence-corrected chi connectivity index (χ4v) is 1.38. The molecule has 0 fully saturated rings. The van der Waals surface area contributed by atoms with E-state index >= 15 is 0 Å². The van der Waals surface area contributed by atoms with Gasteiger partial charge in [0.15, 0.2) is 0 Å². The lowest BCUT2D eigenvalue weighted by Crippen LogP contribution is -2.51. The van der Waals surface area contributed by atoms with Gasteiger partial charge in [0.2, 0.25) is 5.91 Å². The second-order valence-electron chi connectivity index (χ2n) is 4.55. The van der Waals surface area contributed by atoms with Crippen molar-refractivity contribution in [2.75, 3.05) is 13.2 Å². The first-order valence-electron chi connectivity index (χ1n) is 5.86. The number of nitrogens with zero attached hydrogens (tertiary/aromatic N) is 1. The van der Waals surface area contributed by atoms with Gasteiger partial charge >= 0.3 is 0 Å². The van der Waals surface area contributed by atoms with Gasteiger partial charge in [-0.2, -0.15) is 0 Å². The van der Waals surface area contributed by atoms with Crippen molar-refractivity contribution in [2.24, 2.45) is 0 Å². The molecule has 0 unspecified atom stereocenters. The van der Waals surface area contributed by atoms with Crippen LogP contribution in [-0.4, -0.2) is 39.8 Å². The van der Waals surface area contributed by atoms with Crippen molar-refractivity contribution >= 4 is 17.7 Å². The van der Waals surface area contributed by atoms with Gasteiger partial charge in [0, 0.05) is 18.2 Å². The Kier molecular flexibility index (Phi) is 5.36. The zero-order valence-corrected chi connectivity index (χ0v) is 10.9. The van der Waals surface area contributed by atoms with E-state index in [0.29, 0.717) is 5.56 Å². The molecule has 0 aliphatic rings. The highest BCUT2D eigenvalue weighted by atomic mass is 16.6. The maximum Gasteiger partial charge on any atom is 0.270 e. The first-order valence-corrected chi connectivity index (χ1v) is 5.86. The van der Waals surface area contributed by atoms with E-state index in [4.69, 9.17) is 10.2 Å². The van der Waals surface area contributed by atoms with Crippen molar-refractivity contribution in [3.8, 4) is 0 Å². The van der Waals surface area contributed by atoms with Crippen LogP contribution >= 0.6 is 0 Å². The van der Waals surface area contributed by atoms with E-state index in [0.717, 1.165) is 0 Å². The summed E-state index contributed by atoms with van der Waals surface area (Å²) in [5.74, 6) is -0.512. The summed E-state index contributed by atoms with van der Waals surface area (Å²) < 4.78 is 0. The quantitative estimate of drug-likeness (QED) is 0.398. The van der Waals surface area contributed by atoms with Gasteiger partial charge in [-0.1, -0.05) is 12.1 Å². The highest BCUT2D eigenvalue weighted by molar-refractivity contribution is 5.92.